The highest BCUT2D eigenvalue weighted by Gasteiger charge is 2.02. The van der Waals surface area contributed by atoms with E-state index in [4.69, 9.17) is 0 Å². The Bertz CT molecular complexity index is 733. The van der Waals surface area contributed by atoms with E-state index in [0.29, 0.717) is 18.8 Å². The Morgan fingerprint density at radius 3 is 2.27 bits per heavy atom. The first-order valence-corrected chi connectivity index (χ1v) is 8.04. The first-order valence-electron chi connectivity index (χ1n) is 8.04. The number of ether oxygens (including phenoxy) is 1. The normalized spacial score (nSPS) is 10.5. The molecular weight excluding hydrogens is 443 g/mol. The summed E-state index contributed by atoms with van der Waals surface area (Å²) in [6, 6.07) is 15.9. The van der Waals surface area contributed by atoms with Crippen LogP contribution in [0.2, 0.25) is 0 Å². The second-order valence-electron chi connectivity index (χ2n) is 5.58. The molecule has 0 aliphatic heterocycles. The number of aliphatic imine (C=N–C) groups is 1. The topological polar surface area (TPSA) is 74.8 Å². The zero-order valence-corrected chi connectivity index (χ0v) is 17.5. The number of carbonyl (C=O) groups is 1. The van der Waals surface area contributed by atoms with Crippen LogP contribution in [-0.4, -0.2) is 26.2 Å². The minimum absolute atomic E-state index is 0. The molecule has 0 atom stereocenters. The Labute approximate surface area is 171 Å². The second kappa shape index (κ2) is 11.3. The monoisotopic (exact) mass is 468 g/mol. The molecule has 0 bridgehead atoms. The number of guanidine groups is 1. The van der Waals surface area contributed by atoms with Gasteiger partial charge in [0.15, 0.2) is 5.96 Å². The van der Waals surface area contributed by atoms with Crippen LogP contribution < -0.4 is 16.0 Å². The number of methoxy groups -OCH3 is 1. The molecule has 7 heteroatoms. The molecule has 26 heavy (non-hydrogen) atoms. The van der Waals surface area contributed by atoms with Gasteiger partial charge < -0.3 is 15.4 Å². The molecule has 0 saturated heterocycles. The molecule has 0 aliphatic rings. The number of hydrogen-bond acceptors (Lipinski definition) is 3. The number of anilines is 1. The molecule has 0 saturated carbocycles. The first kappa shape index (κ1) is 21.8. The molecule has 0 heterocycles. The van der Waals surface area contributed by atoms with Gasteiger partial charge in [0.05, 0.1) is 7.11 Å². The Hall–Kier alpha value is -2.29. The summed E-state index contributed by atoms with van der Waals surface area (Å²) in [5, 5.41) is 9.18. The van der Waals surface area contributed by atoms with Crippen LogP contribution in [0.15, 0.2) is 53.5 Å². The third-order valence-electron chi connectivity index (χ3n) is 3.61. The van der Waals surface area contributed by atoms with Crippen LogP contribution >= 0.6 is 24.0 Å². The fourth-order valence-corrected chi connectivity index (χ4v) is 2.29. The predicted molar refractivity (Wildman–Crippen MR) is 116 cm³/mol. The average Bonchev–Trinajstić information content (AvgIpc) is 2.63. The third-order valence-corrected chi connectivity index (χ3v) is 3.61. The summed E-state index contributed by atoms with van der Waals surface area (Å²) in [5.74, 6) is 0.735. The SMILES string of the molecule is CN=C(NCc1ccc(NC(=O)OC)cc1)NCc1cccc(C)c1.I. The highest BCUT2D eigenvalue weighted by Crippen LogP contribution is 2.09. The fraction of sp³-hybridized carbons (Fsp3) is 0.263. The van der Waals surface area contributed by atoms with Gasteiger partial charge in [0.25, 0.3) is 0 Å². The predicted octanol–water partition coefficient (Wildman–Crippen LogP) is 3.66. The van der Waals surface area contributed by atoms with Crippen molar-refractivity contribution in [3.05, 3.63) is 65.2 Å². The van der Waals surface area contributed by atoms with Crippen molar-refractivity contribution in [1.29, 1.82) is 0 Å². The maximum atomic E-state index is 11.2. The van der Waals surface area contributed by atoms with Gasteiger partial charge in [-0.05, 0) is 30.2 Å². The summed E-state index contributed by atoms with van der Waals surface area (Å²) in [4.78, 5) is 15.4. The molecule has 1 amide bonds. The molecule has 2 aromatic carbocycles. The lowest BCUT2D eigenvalue weighted by molar-refractivity contribution is 0.187. The minimum atomic E-state index is -0.480. The van der Waals surface area contributed by atoms with Crippen molar-refractivity contribution in [2.75, 3.05) is 19.5 Å². The standard InChI is InChI=1S/C19H24N4O2.HI/c1-14-5-4-6-16(11-14)13-22-18(20-2)21-12-15-7-9-17(10-8-15)23-19(24)25-3;/h4-11H,12-13H2,1-3H3,(H,23,24)(H2,20,21,22);1H. The summed E-state index contributed by atoms with van der Waals surface area (Å²) < 4.78 is 4.56. The number of benzene rings is 2. The number of aryl methyl sites for hydroxylation is 1. The molecule has 140 valence electrons. The van der Waals surface area contributed by atoms with E-state index in [1.54, 1.807) is 7.05 Å². The number of hydrogen-bond donors (Lipinski definition) is 3. The van der Waals surface area contributed by atoms with Crippen molar-refractivity contribution >= 4 is 41.7 Å². The minimum Gasteiger partial charge on any atom is -0.453 e. The number of rotatable bonds is 5. The van der Waals surface area contributed by atoms with E-state index in [1.165, 1.54) is 18.2 Å². The van der Waals surface area contributed by atoms with Crippen molar-refractivity contribution in [2.45, 2.75) is 20.0 Å². The largest absolute Gasteiger partial charge is 0.453 e. The van der Waals surface area contributed by atoms with Crippen molar-refractivity contribution in [2.24, 2.45) is 4.99 Å². The van der Waals surface area contributed by atoms with Gasteiger partial charge in [-0.1, -0.05) is 42.0 Å². The molecule has 3 N–H and O–H groups in total. The maximum absolute atomic E-state index is 11.2. The zero-order chi connectivity index (χ0) is 18.1. The highest BCUT2D eigenvalue weighted by atomic mass is 127. The fourth-order valence-electron chi connectivity index (χ4n) is 2.29. The van der Waals surface area contributed by atoms with E-state index >= 15 is 0 Å². The lowest BCUT2D eigenvalue weighted by atomic mass is 10.1. The molecule has 0 radical (unpaired) electrons. The number of carbonyl (C=O) groups excluding carboxylic acids is 1. The van der Waals surface area contributed by atoms with Crippen LogP contribution in [0, 0.1) is 6.92 Å². The number of amides is 1. The van der Waals surface area contributed by atoms with E-state index < -0.39 is 6.09 Å². The number of nitrogens with one attached hydrogen (secondary N) is 3. The third kappa shape index (κ3) is 7.30. The lowest BCUT2D eigenvalue weighted by Gasteiger charge is -2.12. The van der Waals surface area contributed by atoms with E-state index in [1.807, 2.05) is 30.3 Å². The maximum Gasteiger partial charge on any atom is 0.411 e. The summed E-state index contributed by atoms with van der Waals surface area (Å²) in [6.45, 7) is 3.42. The number of nitrogens with zero attached hydrogens (tertiary/aromatic N) is 1. The van der Waals surface area contributed by atoms with E-state index in [0.717, 1.165) is 11.5 Å². The van der Waals surface area contributed by atoms with Crippen LogP contribution in [0.3, 0.4) is 0 Å². The van der Waals surface area contributed by atoms with Gasteiger partial charge in [-0.2, -0.15) is 0 Å². The Morgan fingerprint density at radius 2 is 1.69 bits per heavy atom. The highest BCUT2D eigenvalue weighted by molar-refractivity contribution is 14.0. The van der Waals surface area contributed by atoms with Gasteiger partial charge in [-0.15, -0.1) is 24.0 Å². The van der Waals surface area contributed by atoms with Gasteiger partial charge in [0.1, 0.15) is 0 Å². The molecule has 2 rings (SSSR count). The molecule has 0 spiro atoms. The van der Waals surface area contributed by atoms with Gasteiger partial charge in [0.2, 0.25) is 0 Å². The molecule has 0 unspecified atom stereocenters. The summed E-state index contributed by atoms with van der Waals surface area (Å²) in [7, 11) is 3.08. The summed E-state index contributed by atoms with van der Waals surface area (Å²) >= 11 is 0. The molecular formula is C19H25IN4O2. The molecule has 0 aliphatic carbocycles. The summed E-state index contributed by atoms with van der Waals surface area (Å²) in [6.07, 6.45) is -0.480. The summed E-state index contributed by atoms with van der Waals surface area (Å²) in [5.41, 5.74) is 4.22. The first-order chi connectivity index (χ1) is 12.1. The van der Waals surface area contributed by atoms with E-state index in [9.17, 15) is 4.79 Å². The van der Waals surface area contributed by atoms with Crippen LogP contribution in [0.1, 0.15) is 16.7 Å². The second-order valence-corrected chi connectivity index (χ2v) is 5.58. The van der Waals surface area contributed by atoms with Crippen molar-refractivity contribution < 1.29 is 9.53 Å². The van der Waals surface area contributed by atoms with Crippen LogP contribution in [-0.2, 0) is 17.8 Å². The van der Waals surface area contributed by atoms with Crippen molar-refractivity contribution in [3.63, 3.8) is 0 Å². The smallest absolute Gasteiger partial charge is 0.411 e. The number of halogens is 1. The Balaban J connectivity index is 0.00000338. The molecule has 6 nitrogen and oxygen atoms in total. The molecule has 0 fully saturated rings. The Kier molecular flexibility index (Phi) is 9.50. The van der Waals surface area contributed by atoms with Crippen LogP contribution in [0.25, 0.3) is 0 Å². The van der Waals surface area contributed by atoms with E-state index in [2.05, 4.69) is 50.8 Å². The average molecular weight is 468 g/mol. The quantitative estimate of drug-likeness (QED) is 0.356. The van der Waals surface area contributed by atoms with Crippen LogP contribution in [0.5, 0.6) is 0 Å². The molecule has 2 aromatic rings. The lowest BCUT2D eigenvalue weighted by Crippen LogP contribution is -2.36. The van der Waals surface area contributed by atoms with Gasteiger partial charge in [0, 0.05) is 25.8 Å². The van der Waals surface area contributed by atoms with Gasteiger partial charge in [-0.25, -0.2) is 4.79 Å². The van der Waals surface area contributed by atoms with Gasteiger partial charge in [-0.3, -0.25) is 10.3 Å². The van der Waals surface area contributed by atoms with Gasteiger partial charge >= 0.3 is 6.09 Å². The van der Waals surface area contributed by atoms with Crippen LogP contribution in [0.4, 0.5) is 10.5 Å². The zero-order valence-electron chi connectivity index (χ0n) is 15.2. The van der Waals surface area contributed by atoms with Crippen molar-refractivity contribution in [3.8, 4) is 0 Å². The Morgan fingerprint density at radius 1 is 1.04 bits per heavy atom. The molecule has 0 aromatic heterocycles. The van der Waals surface area contributed by atoms with Crippen molar-refractivity contribution in [1.82, 2.24) is 10.6 Å². The van der Waals surface area contributed by atoms with E-state index in [-0.39, 0.29) is 24.0 Å².